The molecule has 30 heavy (non-hydrogen) atoms. The van der Waals surface area contributed by atoms with Gasteiger partial charge in [0.1, 0.15) is 5.75 Å². The largest absolute Gasteiger partial charge is 0.496 e. The molecular weight excluding hydrogens is 382 g/mol. The number of benzene rings is 1. The maximum atomic E-state index is 10.6. The number of allylic oxidation sites excluding steroid dienone is 2. The summed E-state index contributed by atoms with van der Waals surface area (Å²) in [7, 11) is 1.67. The molecule has 1 saturated heterocycles. The van der Waals surface area contributed by atoms with Crippen LogP contribution in [0.4, 0.5) is 0 Å². The molecule has 6 heteroatoms. The molecule has 3 rings (SSSR count). The number of unbranched alkanes of at least 4 members (excludes halogenated alkanes) is 1. The van der Waals surface area contributed by atoms with Crippen molar-refractivity contribution in [3.63, 3.8) is 0 Å². The molecule has 1 aromatic heterocycles. The number of rotatable bonds is 10. The van der Waals surface area contributed by atoms with Crippen molar-refractivity contribution in [2.75, 3.05) is 13.7 Å². The van der Waals surface area contributed by atoms with Crippen LogP contribution >= 0.6 is 0 Å². The van der Waals surface area contributed by atoms with E-state index in [1.165, 1.54) is 0 Å². The summed E-state index contributed by atoms with van der Waals surface area (Å²) in [6, 6.07) is 11.9. The van der Waals surface area contributed by atoms with Crippen LogP contribution in [0.1, 0.15) is 42.9 Å². The highest BCUT2D eigenvalue weighted by molar-refractivity contribution is 5.66. The molecule has 2 heterocycles. The van der Waals surface area contributed by atoms with Crippen molar-refractivity contribution >= 4 is 5.97 Å². The number of para-hydroxylation sites is 1. The Bertz CT molecular complexity index is 823. The molecule has 1 aliphatic heterocycles. The number of hydrogen-bond acceptors (Lipinski definition) is 5. The highest BCUT2D eigenvalue weighted by Gasteiger charge is 2.34. The highest BCUT2D eigenvalue weighted by Crippen LogP contribution is 2.39. The lowest BCUT2D eigenvalue weighted by atomic mass is 9.91. The molecule has 0 unspecified atom stereocenters. The zero-order valence-corrected chi connectivity index (χ0v) is 17.3. The number of ether oxygens (including phenoxy) is 3. The van der Waals surface area contributed by atoms with Crippen LogP contribution in [0.25, 0.3) is 0 Å². The van der Waals surface area contributed by atoms with Gasteiger partial charge in [0.25, 0.3) is 0 Å². The van der Waals surface area contributed by atoms with Crippen LogP contribution in [0.3, 0.4) is 0 Å². The van der Waals surface area contributed by atoms with Crippen LogP contribution < -0.4 is 4.74 Å². The first-order valence-corrected chi connectivity index (χ1v) is 10.3. The molecule has 6 nitrogen and oxygen atoms in total. The fourth-order valence-corrected chi connectivity index (χ4v) is 3.63. The van der Waals surface area contributed by atoms with E-state index >= 15 is 0 Å². The standard InChI is InChI=1S/C24H29NO5/c1-28-21-12-7-6-11-20(21)24-19(10-4-2-3-5-13-22(26)27)17-29-23(30-24)15-18-9-8-14-25-16-18/h2,4,6-9,11-12,14,16,19,23-24H,3,5,10,13,15,17H2,1H3,(H,26,27)/b4-2+/t19-,23+,24+/m1/s1. The summed E-state index contributed by atoms with van der Waals surface area (Å²) in [5, 5.41) is 8.74. The van der Waals surface area contributed by atoms with Gasteiger partial charge >= 0.3 is 5.97 Å². The number of carboxylic acids is 1. The molecule has 0 saturated carbocycles. The third-order valence-corrected chi connectivity index (χ3v) is 5.16. The molecule has 1 aromatic carbocycles. The van der Waals surface area contributed by atoms with Crippen LogP contribution in [-0.2, 0) is 20.7 Å². The maximum absolute atomic E-state index is 10.6. The fourth-order valence-electron chi connectivity index (χ4n) is 3.63. The van der Waals surface area contributed by atoms with Gasteiger partial charge in [0, 0.05) is 36.7 Å². The van der Waals surface area contributed by atoms with Crippen molar-refractivity contribution < 1.29 is 24.1 Å². The van der Waals surface area contributed by atoms with Gasteiger partial charge in [-0.15, -0.1) is 0 Å². The van der Waals surface area contributed by atoms with E-state index in [0.717, 1.165) is 29.7 Å². The summed E-state index contributed by atoms with van der Waals surface area (Å²) >= 11 is 0. The Morgan fingerprint density at radius 2 is 2.13 bits per heavy atom. The molecule has 0 radical (unpaired) electrons. The lowest BCUT2D eigenvalue weighted by Gasteiger charge is -2.37. The number of pyridine rings is 1. The Kier molecular flexibility index (Phi) is 8.41. The quantitative estimate of drug-likeness (QED) is 0.456. The van der Waals surface area contributed by atoms with Gasteiger partial charge in [0.2, 0.25) is 0 Å². The smallest absolute Gasteiger partial charge is 0.303 e. The van der Waals surface area contributed by atoms with Gasteiger partial charge in [-0.3, -0.25) is 9.78 Å². The summed E-state index contributed by atoms with van der Waals surface area (Å²) in [5.41, 5.74) is 2.09. The van der Waals surface area contributed by atoms with Gasteiger partial charge < -0.3 is 19.3 Å². The molecule has 1 aliphatic rings. The second-order valence-corrected chi connectivity index (χ2v) is 7.38. The third-order valence-electron chi connectivity index (χ3n) is 5.16. The average molecular weight is 411 g/mol. The molecule has 0 amide bonds. The summed E-state index contributed by atoms with van der Waals surface area (Å²) in [4.78, 5) is 14.8. The highest BCUT2D eigenvalue weighted by atomic mass is 16.7. The van der Waals surface area contributed by atoms with E-state index in [-0.39, 0.29) is 24.7 Å². The second kappa shape index (κ2) is 11.5. The zero-order valence-electron chi connectivity index (χ0n) is 17.3. The van der Waals surface area contributed by atoms with Gasteiger partial charge in [-0.2, -0.15) is 0 Å². The molecule has 0 bridgehead atoms. The Morgan fingerprint density at radius 1 is 1.27 bits per heavy atom. The number of aromatic nitrogens is 1. The van der Waals surface area contributed by atoms with Crippen molar-refractivity contribution in [1.29, 1.82) is 0 Å². The first kappa shape index (κ1) is 22.0. The summed E-state index contributed by atoms with van der Waals surface area (Å²) in [6.45, 7) is 0.576. The summed E-state index contributed by atoms with van der Waals surface area (Å²) in [6.07, 6.45) is 10.2. The minimum absolute atomic E-state index is 0.141. The minimum atomic E-state index is -0.756. The Balaban J connectivity index is 1.68. The number of carbonyl (C=O) groups is 1. The third kappa shape index (κ3) is 6.40. The summed E-state index contributed by atoms with van der Waals surface area (Å²) < 4.78 is 18.0. The summed E-state index contributed by atoms with van der Waals surface area (Å²) in [5.74, 6) is 0.190. The number of aliphatic carboxylic acids is 1. The zero-order chi connectivity index (χ0) is 21.2. The maximum Gasteiger partial charge on any atom is 0.303 e. The normalized spacial score (nSPS) is 21.6. The van der Waals surface area contributed by atoms with Gasteiger partial charge in [0.05, 0.1) is 19.8 Å². The topological polar surface area (TPSA) is 77.9 Å². The molecule has 3 atom stereocenters. The molecule has 1 fully saturated rings. The van der Waals surface area contributed by atoms with E-state index in [1.54, 1.807) is 13.3 Å². The van der Waals surface area contributed by atoms with E-state index in [9.17, 15) is 4.79 Å². The minimum Gasteiger partial charge on any atom is -0.496 e. The Labute approximate surface area is 177 Å². The number of methoxy groups -OCH3 is 1. The van der Waals surface area contributed by atoms with Crippen molar-refractivity contribution in [2.45, 2.75) is 44.5 Å². The molecule has 2 aromatic rings. The van der Waals surface area contributed by atoms with Crippen molar-refractivity contribution in [2.24, 2.45) is 5.92 Å². The molecule has 0 aliphatic carbocycles. The lowest BCUT2D eigenvalue weighted by Crippen LogP contribution is -2.36. The van der Waals surface area contributed by atoms with E-state index in [4.69, 9.17) is 19.3 Å². The predicted octanol–water partition coefficient (Wildman–Crippen LogP) is 4.56. The first-order chi connectivity index (χ1) is 14.7. The van der Waals surface area contributed by atoms with E-state index in [0.29, 0.717) is 19.4 Å². The van der Waals surface area contributed by atoms with E-state index in [2.05, 4.69) is 11.1 Å². The monoisotopic (exact) mass is 411 g/mol. The predicted molar refractivity (Wildman–Crippen MR) is 113 cm³/mol. The molecule has 0 spiro atoms. The second-order valence-electron chi connectivity index (χ2n) is 7.38. The Morgan fingerprint density at radius 3 is 2.90 bits per heavy atom. The average Bonchev–Trinajstić information content (AvgIpc) is 2.77. The number of carboxylic acid groups (broad SMARTS) is 1. The van der Waals surface area contributed by atoms with Crippen molar-refractivity contribution in [1.82, 2.24) is 4.98 Å². The molecule has 1 N–H and O–H groups in total. The van der Waals surface area contributed by atoms with Crippen LogP contribution in [0.5, 0.6) is 5.75 Å². The van der Waals surface area contributed by atoms with Crippen molar-refractivity contribution in [3.8, 4) is 5.75 Å². The van der Waals surface area contributed by atoms with Gasteiger partial charge in [0.15, 0.2) is 6.29 Å². The SMILES string of the molecule is COc1ccccc1[C@H]1O[C@@H](Cc2cccnc2)OC[C@H]1C/C=C/CCCC(=O)O. The van der Waals surface area contributed by atoms with Gasteiger partial charge in [-0.1, -0.05) is 36.4 Å². The van der Waals surface area contributed by atoms with Crippen LogP contribution in [0.15, 0.2) is 60.9 Å². The van der Waals surface area contributed by atoms with E-state index < -0.39 is 5.97 Å². The van der Waals surface area contributed by atoms with Gasteiger partial charge in [-0.25, -0.2) is 0 Å². The molecule has 160 valence electrons. The fraction of sp³-hybridized carbons (Fsp3) is 0.417. The Hall–Kier alpha value is -2.70. The molecular formula is C24H29NO5. The van der Waals surface area contributed by atoms with Crippen LogP contribution in [-0.4, -0.2) is 36.1 Å². The van der Waals surface area contributed by atoms with Gasteiger partial charge in [-0.05, 0) is 37.0 Å². The number of hydrogen-bond donors (Lipinski definition) is 1. The van der Waals surface area contributed by atoms with Crippen molar-refractivity contribution in [3.05, 3.63) is 72.1 Å². The van der Waals surface area contributed by atoms with Crippen LogP contribution in [0, 0.1) is 5.92 Å². The lowest BCUT2D eigenvalue weighted by molar-refractivity contribution is -0.238. The number of nitrogens with zero attached hydrogens (tertiary/aromatic N) is 1. The first-order valence-electron chi connectivity index (χ1n) is 10.3. The van der Waals surface area contributed by atoms with Crippen LogP contribution in [0.2, 0.25) is 0 Å². The van der Waals surface area contributed by atoms with E-state index in [1.807, 2.05) is 48.7 Å².